The van der Waals surface area contributed by atoms with E-state index in [2.05, 4.69) is 22.5 Å². The lowest BCUT2D eigenvalue weighted by molar-refractivity contribution is -0.137. The summed E-state index contributed by atoms with van der Waals surface area (Å²) in [6.45, 7) is 4.80. The van der Waals surface area contributed by atoms with Gasteiger partial charge >= 0.3 is 12.2 Å². The van der Waals surface area contributed by atoms with Gasteiger partial charge in [0.05, 0.1) is 41.3 Å². The van der Waals surface area contributed by atoms with Crippen LogP contribution in [0.3, 0.4) is 0 Å². The molecule has 2 atom stereocenters. The summed E-state index contributed by atoms with van der Waals surface area (Å²) in [4.78, 5) is 27.2. The molecule has 4 heterocycles. The molecule has 234 valence electrons. The molecule has 9 nitrogen and oxygen atoms in total. The standard InChI is InChI=1S/C32H30F4N6O3/c1-19(33)30(43)42-14-13-41(17-20(42)9-11-37)29-27-26(38-31(39-29)45-18-21-6-5-12-40(21)2)16-24(23-10-15-44-28(23)27)22-7-3-4-8-25(22)32(34,35)36/h3-4,7-8,10,15-16,20-21H,1,5-6,9,12-14,17-18H2,2H3. The van der Waals surface area contributed by atoms with E-state index in [1.165, 1.54) is 23.3 Å². The van der Waals surface area contributed by atoms with Crippen molar-refractivity contribution in [2.75, 3.05) is 44.7 Å². The molecule has 0 saturated carbocycles. The van der Waals surface area contributed by atoms with E-state index in [1.807, 2.05) is 11.9 Å². The van der Waals surface area contributed by atoms with Gasteiger partial charge in [-0.25, -0.2) is 4.39 Å². The molecular weight excluding hydrogens is 592 g/mol. The molecule has 2 aliphatic heterocycles. The van der Waals surface area contributed by atoms with Gasteiger partial charge in [-0.05, 0) is 55.8 Å². The second-order valence-corrected chi connectivity index (χ2v) is 11.3. The third-order valence-electron chi connectivity index (χ3n) is 8.56. The van der Waals surface area contributed by atoms with E-state index in [1.54, 1.807) is 18.2 Å². The van der Waals surface area contributed by atoms with Gasteiger partial charge in [0, 0.05) is 31.1 Å². The number of likely N-dealkylation sites (N-methyl/N-ethyl adjacent to an activating group) is 1. The molecule has 13 heteroatoms. The normalized spacial score (nSPS) is 19.3. The molecule has 0 aliphatic carbocycles. The zero-order valence-electron chi connectivity index (χ0n) is 24.5. The van der Waals surface area contributed by atoms with E-state index in [0.29, 0.717) is 28.7 Å². The molecule has 0 radical (unpaired) electrons. The largest absolute Gasteiger partial charge is 0.463 e. The van der Waals surface area contributed by atoms with Gasteiger partial charge in [0.2, 0.25) is 0 Å². The van der Waals surface area contributed by atoms with Crippen molar-refractivity contribution < 1.29 is 31.5 Å². The molecule has 0 N–H and O–H groups in total. The monoisotopic (exact) mass is 622 g/mol. The minimum Gasteiger partial charge on any atom is -0.463 e. The number of rotatable bonds is 7. The van der Waals surface area contributed by atoms with Crippen molar-refractivity contribution in [1.82, 2.24) is 19.8 Å². The van der Waals surface area contributed by atoms with Gasteiger partial charge < -0.3 is 23.9 Å². The van der Waals surface area contributed by atoms with E-state index in [4.69, 9.17) is 14.1 Å². The Morgan fingerprint density at radius 3 is 2.67 bits per heavy atom. The van der Waals surface area contributed by atoms with E-state index >= 15 is 0 Å². The number of aromatic nitrogens is 2. The molecule has 0 bridgehead atoms. The lowest BCUT2D eigenvalue weighted by Crippen LogP contribution is -2.55. The van der Waals surface area contributed by atoms with Crippen LogP contribution < -0.4 is 9.64 Å². The summed E-state index contributed by atoms with van der Waals surface area (Å²) in [7, 11) is 2.01. The highest BCUT2D eigenvalue weighted by atomic mass is 19.4. The molecule has 45 heavy (non-hydrogen) atoms. The number of furan rings is 1. The van der Waals surface area contributed by atoms with E-state index in [-0.39, 0.29) is 54.8 Å². The number of ether oxygens (including phenoxy) is 1. The summed E-state index contributed by atoms with van der Waals surface area (Å²) in [5, 5.41) is 10.4. The van der Waals surface area contributed by atoms with Gasteiger partial charge in [-0.15, -0.1) is 0 Å². The van der Waals surface area contributed by atoms with Crippen LogP contribution in [0.1, 0.15) is 24.8 Å². The maximum absolute atomic E-state index is 14.1. The number of benzene rings is 2. The minimum absolute atomic E-state index is 0.0267. The first-order valence-electron chi connectivity index (χ1n) is 14.6. The number of piperazine rings is 1. The van der Waals surface area contributed by atoms with Crippen molar-refractivity contribution in [2.45, 2.75) is 37.5 Å². The first-order valence-corrected chi connectivity index (χ1v) is 14.6. The maximum Gasteiger partial charge on any atom is 0.417 e. The molecule has 2 aliphatic rings. The molecule has 6 rings (SSSR count). The number of alkyl halides is 3. The molecular formula is C32H30F4N6O3. The second kappa shape index (κ2) is 12.0. The van der Waals surface area contributed by atoms with Crippen molar-refractivity contribution in [3.8, 4) is 23.2 Å². The van der Waals surface area contributed by atoms with Crippen LogP contribution in [0.15, 0.2) is 59.5 Å². The van der Waals surface area contributed by atoms with Crippen LogP contribution in [0, 0.1) is 11.3 Å². The van der Waals surface area contributed by atoms with Crippen LogP contribution in [0.25, 0.3) is 33.0 Å². The summed E-state index contributed by atoms with van der Waals surface area (Å²) < 4.78 is 68.1. The Kier molecular flexibility index (Phi) is 8.09. The number of amides is 1. The molecule has 0 spiro atoms. The zero-order valence-corrected chi connectivity index (χ0v) is 24.5. The number of nitrogens with zero attached hydrogens (tertiary/aromatic N) is 6. The quantitative estimate of drug-likeness (QED) is 0.184. The Bertz CT molecular complexity index is 1820. The summed E-state index contributed by atoms with van der Waals surface area (Å²) in [6, 6.07) is 10.1. The van der Waals surface area contributed by atoms with E-state index in [9.17, 15) is 27.6 Å². The van der Waals surface area contributed by atoms with Crippen LogP contribution in [0.4, 0.5) is 23.4 Å². The number of likely N-dealkylation sites (tertiary alicyclic amines) is 1. The Labute approximate surface area is 256 Å². The summed E-state index contributed by atoms with van der Waals surface area (Å²) in [5.41, 5.74) is 0.0443. The Morgan fingerprint density at radius 1 is 1.16 bits per heavy atom. The molecule has 2 saturated heterocycles. The molecule has 2 aromatic carbocycles. The summed E-state index contributed by atoms with van der Waals surface area (Å²) in [5.74, 6) is -1.62. The molecule has 2 unspecified atom stereocenters. The minimum atomic E-state index is -4.60. The number of carbonyl (C=O) groups excluding carboxylic acids is 1. The lowest BCUT2D eigenvalue weighted by atomic mass is 9.95. The molecule has 1 amide bonds. The van der Waals surface area contributed by atoms with Crippen molar-refractivity contribution in [1.29, 1.82) is 5.26 Å². The fourth-order valence-electron chi connectivity index (χ4n) is 6.29. The van der Waals surface area contributed by atoms with E-state index < -0.39 is 29.5 Å². The van der Waals surface area contributed by atoms with Gasteiger partial charge in [0.1, 0.15) is 18.0 Å². The van der Waals surface area contributed by atoms with Gasteiger partial charge in [-0.2, -0.15) is 28.4 Å². The maximum atomic E-state index is 14.1. The first kappa shape index (κ1) is 30.3. The molecule has 4 aromatic rings. The highest BCUT2D eigenvalue weighted by molar-refractivity contribution is 6.14. The molecule has 2 aromatic heterocycles. The van der Waals surface area contributed by atoms with Crippen LogP contribution in [0.2, 0.25) is 0 Å². The number of nitriles is 1. The number of anilines is 1. The third kappa shape index (κ3) is 5.78. The Hall–Kier alpha value is -4.70. The smallest absolute Gasteiger partial charge is 0.417 e. The number of hydrogen-bond acceptors (Lipinski definition) is 8. The third-order valence-corrected chi connectivity index (χ3v) is 8.56. The first-order chi connectivity index (χ1) is 21.6. The van der Waals surface area contributed by atoms with Crippen LogP contribution in [-0.4, -0.2) is 77.6 Å². The highest BCUT2D eigenvalue weighted by Gasteiger charge is 2.36. The van der Waals surface area contributed by atoms with Crippen molar-refractivity contribution in [3.05, 3.63) is 60.6 Å². The lowest BCUT2D eigenvalue weighted by Gasteiger charge is -2.41. The van der Waals surface area contributed by atoms with Gasteiger partial charge in [0.25, 0.3) is 5.91 Å². The topological polar surface area (TPSA) is 98.7 Å². The average Bonchev–Trinajstić information content (AvgIpc) is 3.67. The van der Waals surface area contributed by atoms with Crippen LogP contribution >= 0.6 is 0 Å². The fraction of sp³-hybridized carbons (Fsp3) is 0.375. The fourth-order valence-corrected chi connectivity index (χ4v) is 6.29. The zero-order chi connectivity index (χ0) is 31.9. The number of hydrogen-bond donors (Lipinski definition) is 0. The van der Waals surface area contributed by atoms with Crippen molar-refractivity contribution >= 4 is 33.6 Å². The summed E-state index contributed by atoms with van der Waals surface area (Å²) >= 11 is 0. The van der Waals surface area contributed by atoms with Gasteiger partial charge in [-0.3, -0.25) is 4.79 Å². The van der Waals surface area contributed by atoms with Crippen LogP contribution in [0.5, 0.6) is 6.01 Å². The number of fused-ring (bicyclic) bond motifs is 3. The van der Waals surface area contributed by atoms with Gasteiger partial charge in [0.15, 0.2) is 5.83 Å². The van der Waals surface area contributed by atoms with E-state index in [0.717, 1.165) is 25.5 Å². The van der Waals surface area contributed by atoms with Crippen molar-refractivity contribution in [3.63, 3.8) is 0 Å². The number of halogens is 4. The predicted molar refractivity (Wildman–Crippen MR) is 159 cm³/mol. The Morgan fingerprint density at radius 2 is 1.96 bits per heavy atom. The average molecular weight is 623 g/mol. The highest BCUT2D eigenvalue weighted by Crippen LogP contribution is 2.44. The van der Waals surface area contributed by atoms with Crippen molar-refractivity contribution in [2.24, 2.45) is 0 Å². The summed E-state index contributed by atoms with van der Waals surface area (Å²) in [6.07, 6.45) is -1.30. The second-order valence-electron chi connectivity index (χ2n) is 11.3. The van der Waals surface area contributed by atoms with Gasteiger partial charge in [-0.1, -0.05) is 24.8 Å². The predicted octanol–water partition coefficient (Wildman–Crippen LogP) is 5.95. The SMILES string of the molecule is C=C(F)C(=O)N1CCN(c2nc(OCC3CCCN3C)nc3cc(-c4ccccc4C(F)(F)F)c4ccoc4c23)CC1CC#N. The Balaban J connectivity index is 1.50. The number of carbonyl (C=O) groups is 1. The van der Waals surface area contributed by atoms with Crippen LogP contribution in [-0.2, 0) is 11.0 Å². The molecule has 2 fully saturated rings.